The van der Waals surface area contributed by atoms with E-state index in [0.717, 1.165) is 27.1 Å². The van der Waals surface area contributed by atoms with Crippen LogP contribution in [0.4, 0.5) is 4.39 Å². The van der Waals surface area contributed by atoms with Gasteiger partial charge < -0.3 is 4.90 Å². The van der Waals surface area contributed by atoms with Crippen LogP contribution in [0.15, 0.2) is 34.8 Å². The Morgan fingerprint density at radius 1 is 1.56 bits per heavy atom. The summed E-state index contributed by atoms with van der Waals surface area (Å²) in [5, 5.41) is 1.40. The number of halogens is 1. The van der Waals surface area contributed by atoms with Crippen LogP contribution in [-0.2, 0) is 0 Å². The standard InChI is InChI=1S/C15H25FNP/c1-6-7-8-9-14-13(12(3)18-5)10-11(2)15(16)17(14)4/h7-9,11,15,18H,6,10H2,1-5H3/b8-7+,13-12+,14-9-/t11-,15-/m1/s1. The monoisotopic (exact) mass is 269 g/mol. The van der Waals surface area contributed by atoms with Crippen molar-refractivity contribution in [3.05, 3.63) is 34.8 Å². The summed E-state index contributed by atoms with van der Waals surface area (Å²) in [6.07, 6.45) is 7.19. The zero-order valence-corrected chi connectivity index (χ0v) is 13.1. The molecule has 1 unspecified atom stereocenters. The Balaban J connectivity index is 3.13. The predicted molar refractivity (Wildman–Crippen MR) is 80.9 cm³/mol. The highest BCUT2D eigenvalue weighted by molar-refractivity contribution is 7.42. The molecule has 0 radical (unpaired) electrons. The van der Waals surface area contributed by atoms with Gasteiger partial charge in [-0.3, -0.25) is 0 Å². The molecule has 3 heteroatoms. The number of likely N-dealkylation sites (N-methyl/N-ethyl adjacent to an activating group) is 1. The van der Waals surface area contributed by atoms with Crippen LogP contribution in [-0.4, -0.2) is 24.9 Å². The van der Waals surface area contributed by atoms with E-state index in [1.165, 1.54) is 10.9 Å². The number of alkyl halides is 1. The summed E-state index contributed by atoms with van der Waals surface area (Å²) in [6, 6.07) is 0. The second-order valence-electron chi connectivity index (χ2n) is 4.91. The van der Waals surface area contributed by atoms with Gasteiger partial charge in [0, 0.05) is 18.7 Å². The molecule has 18 heavy (non-hydrogen) atoms. The molecular formula is C15H25FNP. The van der Waals surface area contributed by atoms with Gasteiger partial charge in [0.15, 0.2) is 6.30 Å². The number of likely N-dealkylation sites (tertiary alicyclic amines) is 1. The maximum Gasteiger partial charge on any atom is 0.175 e. The lowest BCUT2D eigenvalue weighted by atomic mass is 9.91. The highest BCUT2D eigenvalue weighted by atomic mass is 31.1. The first kappa shape index (κ1) is 15.4. The first-order valence-electron chi connectivity index (χ1n) is 6.64. The molecule has 1 rings (SSSR count). The largest absolute Gasteiger partial charge is 0.345 e. The van der Waals surface area contributed by atoms with E-state index < -0.39 is 6.30 Å². The Morgan fingerprint density at radius 2 is 2.22 bits per heavy atom. The first-order valence-corrected chi connectivity index (χ1v) is 8.14. The Bertz CT molecular complexity index is 371. The summed E-state index contributed by atoms with van der Waals surface area (Å²) in [4.78, 5) is 1.78. The summed E-state index contributed by atoms with van der Waals surface area (Å²) < 4.78 is 14.1. The van der Waals surface area contributed by atoms with E-state index in [4.69, 9.17) is 0 Å². The molecule has 1 nitrogen and oxygen atoms in total. The summed E-state index contributed by atoms with van der Waals surface area (Å²) in [5.74, 6) is 0.0728. The second kappa shape index (κ2) is 7.09. The van der Waals surface area contributed by atoms with Gasteiger partial charge in [0.2, 0.25) is 0 Å². The van der Waals surface area contributed by atoms with Gasteiger partial charge in [-0.25, -0.2) is 4.39 Å². The fraction of sp³-hybridized carbons (Fsp3) is 0.600. The van der Waals surface area contributed by atoms with Crippen LogP contribution < -0.4 is 0 Å². The van der Waals surface area contributed by atoms with Crippen molar-refractivity contribution in [3.63, 3.8) is 0 Å². The zero-order valence-electron chi connectivity index (χ0n) is 12.1. The van der Waals surface area contributed by atoms with E-state index in [-0.39, 0.29) is 5.92 Å². The third-order valence-corrected chi connectivity index (χ3v) is 4.56. The van der Waals surface area contributed by atoms with Crippen LogP contribution in [0.3, 0.4) is 0 Å². The van der Waals surface area contributed by atoms with Crippen LogP contribution in [0.1, 0.15) is 33.6 Å². The van der Waals surface area contributed by atoms with E-state index in [0.29, 0.717) is 0 Å². The van der Waals surface area contributed by atoms with Gasteiger partial charge in [0.05, 0.1) is 0 Å². The topological polar surface area (TPSA) is 3.24 Å². The first-order chi connectivity index (χ1) is 8.52. The second-order valence-corrected chi connectivity index (χ2v) is 6.16. The van der Waals surface area contributed by atoms with E-state index >= 15 is 0 Å². The summed E-state index contributed by atoms with van der Waals surface area (Å²) in [7, 11) is 2.65. The van der Waals surface area contributed by atoms with Gasteiger partial charge in [-0.15, -0.1) is 0 Å². The number of rotatable bonds is 3. The fourth-order valence-electron chi connectivity index (χ4n) is 2.26. The van der Waals surface area contributed by atoms with E-state index in [1.807, 2.05) is 20.0 Å². The molecule has 0 N–H and O–H groups in total. The van der Waals surface area contributed by atoms with E-state index in [9.17, 15) is 4.39 Å². The van der Waals surface area contributed by atoms with Crippen molar-refractivity contribution in [2.24, 2.45) is 5.92 Å². The lowest BCUT2D eigenvalue weighted by Gasteiger charge is -2.38. The Hall–Kier alpha value is -0.620. The Morgan fingerprint density at radius 3 is 2.78 bits per heavy atom. The van der Waals surface area contributed by atoms with Crippen LogP contribution in [0, 0.1) is 5.92 Å². The molecule has 102 valence electrons. The van der Waals surface area contributed by atoms with Crippen molar-refractivity contribution in [3.8, 4) is 0 Å². The lowest BCUT2D eigenvalue weighted by Crippen LogP contribution is -2.38. The molecular weight excluding hydrogens is 244 g/mol. The average Bonchev–Trinajstić information content (AvgIpc) is 2.37. The normalized spacial score (nSPS) is 31.0. The number of piperidine rings is 1. The number of hydrogen-bond donors (Lipinski definition) is 0. The fourth-order valence-corrected chi connectivity index (χ4v) is 2.79. The molecule has 1 heterocycles. The molecule has 1 saturated heterocycles. The van der Waals surface area contributed by atoms with Crippen LogP contribution in [0.5, 0.6) is 0 Å². The van der Waals surface area contributed by atoms with Gasteiger partial charge in [-0.1, -0.05) is 34.6 Å². The summed E-state index contributed by atoms with van der Waals surface area (Å²) in [6.45, 7) is 8.46. The lowest BCUT2D eigenvalue weighted by molar-refractivity contribution is 0.0728. The van der Waals surface area contributed by atoms with Crippen molar-refractivity contribution in [2.45, 2.75) is 39.9 Å². The van der Waals surface area contributed by atoms with Crippen molar-refractivity contribution < 1.29 is 4.39 Å². The zero-order chi connectivity index (χ0) is 13.7. The van der Waals surface area contributed by atoms with Gasteiger partial charge in [0.25, 0.3) is 0 Å². The molecule has 0 bridgehead atoms. The molecule has 1 fully saturated rings. The van der Waals surface area contributed by atoms with Crippen molar-refractivity contribution in [2.75, 3.05) is 13.7 Å². The van der Waals surface area contributed by atoms with Crippen LogP contribution >= 0.6 is 8.58 Å². The minimum atomic E-state index is -0.872. The minimum Gasteiger partial charge on any atom is -0.345 e. The number of nitrogens with zero attached hydrogens (tertiary/aromatic N) is 1. The van der Waals surface area contributed by atoms with Crippen molar-refractivity contribution in [1.82, 2.24) is 4.90 Å². The molecule has 0 aromatic rings. The van der Waals surface area contributed by atoms with Crippen molar-refractivity contribution in [1.29, 1.82) is 0 Å². The molecule has 0 spiro atoms. The predicted octanol–water partition coefficient (Wildman–Crippen LogP) is 4.69. The molecule has 0 amide bonds. The Labute approximate surface area is 113 Å². The summed E-state index contributed by atoms with van der Waals surface area (Å²) >= 11 is 0. The third-order valence-electron chi connectivity index (χ3n) is 3.51. The maximum atomic E-state index is 14.1. The molecule has 3 atom stereocenters. The third kappa shape index (κ3) is 3.45. The Kier molecular flexibility index (Phi) is 6.08. The van der Waals surface area contributed by atoms with Gasteiger partial charge in [0.1, 0.15) is 0 Å². The van der Waals surface area contributed by atoms with Gasteiger partial charge in [-0.2, -0.15) is 0 Å². The summed E-state index contributed by atoms with van der Waals surface area (Å²) in [5.41, 5.74) is 2.39. The molecule has 0 aromatic carbocycles. The smallest absolute Gasteiger partial charge is 0.175 e. The molecule has 1 aliphatic heterocycles. The van der Waals surface area contributed by atoms with E-state index in [2.05, 4.69) is 32.7 Å². The van der Waals surface area contributed by atoms with Gasteiger partial charge >= 0.3 is 0 Å². The van der Waals surface area contributed by atoms with Crippen LogP contribution in [0.2, 0.25) is 0 Å². The van der Waals surface area contributed by atoms with E-state index in [1.54, 1.807) is 4.90 Å². The molecule has 0 aromatic heterocycles. The molecule has 0 saturated carbocycles. The highest BCUT2D eigenvalue weighted by Gasteiger charge is 2.31. The average molecular weight is 269 g/mol. The maximum absolute atomic E-state index is 14.1. The minimum absolute atomic E-state index is 0.0728. The molecule has 0 aliphatic carbocycles. The van der Waals surface area contributed by atoms with Crippen LogP contribution in [0.25, 0.3) is 0 Å². The van der Waals surface area contributed by atoms with Crippen molar-refractivity contribution >= 4 is 8.58 Å². The highest BCUT2D eigenvalue weighted by Crippen LogP contribution is 2.39. The molecule has 1 aliphatic rings. The number of hydrogen-bond acceptors (Lipinski definition) is 1. The number of allylic oxidation sites excluding steroid dienone is 5. The SMILES string of the molecule is CC/C=C/C=C1/C(=C(\C)PC)C[C@@H](C)[C@H](F)N1C. The quantitative estimate of drug-likeness (QED) is 0.531. The van der Waals surface area contributed by atoms with Gasteiger partial charge in [-0.05, 0) is 43.4 Å².